The van der Waals surface area contributed by atoms with Gasteiger partial charge in [0.1, 0.15) is 5.78 Å². The van der Waals surface area contributed by atoms with Crippen molar-refractivity contribution in [2.75, 3.05) is 13.1 Å². The molecule has 1 saturated carbocycles. The molecule has 0 spiro atoms. The van der Waals surface area contributed by atoms with Crippen LogP contribution in [0.5, 0.6) is 0 Å². The van der Waals surface area contributed by atoms with Gasteiger partial charge in [-0.25, -0.2) is 4.79 Å². The molecule has 28 heavy (non-hydrogen) atoms. The van der Waals surface area contributed by atoms with Gasteiger partial charge in [-0.3, -0.25) is 9.69 Å². The number of rotatable bonds is 5. The third kappa shape index (κ3) is 3.62. The number of carbonyl (C=O) groups excluding carboxylic acids is 1. The first kappa shape index (κ1) is 19.6. The van der Waals surface area contributed by atoms with Crippen molar-refractivity contribution < 1.29 is 14.7 Å². The number of ketones is 1. The number of nitrogens with zero attached hydrogens (tertiary/aromatic N) is 1. The summed E-state index contributed by atoms with van der Waals surface area (Å²) in [6, 6.07) is 0. The lowest BCUT2D eigenvalue weighted by Gasteiger charge is -2.31. The van der Waals surface area contributed by atoms with Gasteiger partial charge in [0.05, 0.1) is 12.1 Å². The van der Waals surface area contributed by atoms with Crippen LogP contribution in [-0.2, 0) is 9.59 Å². The maximum Gasteiger partial charge on any atom is 0.332 e. The average Bonchev–Trinajstić information content (AvgIpc) is 3.15. The van der Waals surface area contributed by atoms with E-state index >= 15 is 0 Å². The molecule has 4 aliphatic rings. The maximum atomic E-state index is 12.3. The Morgan fingerprint density at radius 3 is 2.82 bits per heavy atom. The fourth-order valence-electron chi connectivity index (χ4n) is 5.82. The summed E-state index contributed by atoms with van der Waals surface area (Å²) >= 11 is 0. The van der Waals surface area contributed by atoms with Gasteiger partial charge in [0.25, 0.3) is 0 Å². The summed E-state index contributed by atoms with van der Waals surface area (Å²) < 4.78 is 0. The summed E-state index contributed by atoms with van der Waals surface area (Å²) in [5.41, 5.74) is 9.19. The second kappa shape index (κ2) is 7.60. The normalized spacial score (nSPS) is 38.2. The number of likely N-dealkylation sites (tertiary alicyclic amines) is 1. The van der Waals surface area contributed by atoms with Crippen LogP contribution < -0.4 is 5.73 Å². The average molecular weight is 385 g/mol. The molecular weight excluding hydrogens is 352 g/mol. The number of carboxylic acid groups (broad SMARTS) is 1. The van der Waals surface area contributed by atoms with E-state index in [0.717, 1.165) is 44.3 Å². The van der Waals surface area contributed by atoms with Crippen molar-refractivity contribution in [3.05, 3.63) is 34.9 Å². The monoisotopic (exact) mass is 384 g/mol. The Balaban J connectivity index is 1.46. The number of nitrogens with two attached hydrogens (primary N) is 1. The summed E-state index contributed by atoms with van der Waals surface area (Å²) in [7, 11) is 0. The Bertz CT molecular complexity index is 766. The topological polar surface area (TPSA) is 83.6 Å². The van der Waals surface area contributed by atoms with E-state index in [2.05, 4.69) is 37.0 Å². The predicted molar refractivity (Wildman–Crippen MR) is 108 cm³/mol. The van der Waals surface area contributed by atoms with Crippen molar-refractivity contribution in [3.8, 4) is 0 Å². The second-order valence-corrected chi connectivity index (χ2v) is 9.38. The standard InChI is InChI=1S/C23H32N2O3/c1-13-3-5-15(6-4-13)11-25-12-16(8-21(25)24)7-18-14(2)17-9-19(20(26)10-17)22(18)23(27)28/h3-5,14-17,19,21H,6-12,24H2,1-2H3,(H,27,28). The molecule has 1 aliphatic heterocycles. The van der Waals surface area contributed by atoms with Crippen LogP contribution in [0.4, 0.5) is 0 Å². The molecule has 6 atom stereocenters. The van der Waals surface area contributed by atoms with E-state index in [1.54, 1.807) is 0 Å². The molecule has 2 fully saturated rings. The molecule has 1 saturated heterocycles. The highest BCUT2D eigenvalue weighted by Gasteiger charge is 2.47. The van der Waals surface area contributed by atoms with Gasteiger partial charge in [-0.05, 0) is 56.3 Å². The quantitative estimate of drug-likeness (QED) is 0.761. The Labute approximate surface area is 167 Å². The molecule has 1 heterocycles. The van der Waals surface area contributed by atoms with Gasteiger partial charge >= 0.3 is 5.97 Å². The third-order valence-corrected chi connectivity index (χ3v) is 7.46. The highest BCUT2D eigenvalue weighted by atomic mass is 16.4. The Hall–Kier alpha value is -1.72. The molecular formula is C23H32N2O3. The first-order valence-corrected chi connectivity index (χ1v) is 10.7. The van der Waals surface area contributed by atoms with Crippen LogP contribution >= 0.6 is 0 Å². The minimum absolute atomic E-state index is 0.0385. The van der Waals surface area contributed by atoms with Crippen molar-refractivity contribution in [1.29, 1.82) is 0 Å². The van der Waals surface area contributed by atoms with Gasteiger partial charge in [-0.15, -0.1) is 0 Å². The SMILES string of the molecule is CC1=CCC(CN2CC(CC3=C(C(=O)O)C4CC(CC4=O)C3C)CC2N)C=C1. The number of carboxylic acids is 1. The number of aliphatic carboxylic acids is 1. The van der Waals surface area contributed by atoms with Crippen LogP contribution in [0.2, 0.25) is 0 Å². The van der Waals surface area contributed by atoms with Gasteiger partial charge in [0, 0.05) is 25.1 Å². The van der Waals surface area contributed by atoms with E-state index in [0.29, 0.717) is 29.7 Å². The van der Waals surface area contributed by atoms with E-state index in [4.69, 9.17) is 5.73 Å². The molecule has 152 valence electrons. The minimum atomic E-state index is -0.894. The number of hydrogen-bond acceptors (Lipinski definition) is 4. The summed E-state index contributed by atoms with van der Waals surface area (Å²) in [6.45, 7) is 6.12. The van der Waals surface area contributed by atoms with Crippen LogP contribution in [0.1, 0.15) is 46.0 Å². The van der Waals surface area contributed by atoms with Crippen molar-refractivity contribution in [3.63, 3.8) is 0 Å². The largest absolute Gasteiger partial charge is 0.478 e. The smallest absolute Gasteiger partial charge is 0.332 e. The van der Waals surface area contributed by atoms with Crippen LogP contribution in [-0.4, -0.2) is 41.0 Å². The predicted octanol–water partition coefficient (Wildman–Crippen LogP) is 3.13. The van der Waals surface area contributed by atoms with Gasteiger partial charge in [-0.1, -0.05) is 36.3 Å². The third-order valence-electron chi connectivity index (χ3n) is 7.46. The lowest BCUT2D eigenvalue weighted by Crippen LogP contribution is -2.39. The molecule has 6 unspecified atom stereocenters. The molecule has 3 N–H and O–H groups in total. The van der Waals surface area contributed by atoms with E-state index in [-0.39, 0.29) is 23.8 Å². The van der Waals surface area contributed by atoms with Crippen LogP contribution in [0, 0.1) is 29.6 Å². The highest BCUT2D eigenvalue weighted by Crippen LogP contribution is 2.49. The van der Waals surface area contributed by atoms with E-state index in [9.17, 15) is 14.7 Å². The molecule has 0 radical (unpaired) electrons. The molecule has 5 heteroatoms. The first-order chi connectivity index (χ1) is 13.3. The fraction of sp³-hybridized carbons (Fsp3) is 0.652. The van der Waals surface area contributed by atoms with Gasteiger partial charge in [-0.2, -0.15) is 0 Å². The number of hydrogen-bond donors (Lipinski definition) is 2. The maximum absolute atomic E-state index is 12.3. The van der Waals surface area contributed by atoms with Crippen molar-refractivity contribution >= 4 is 11.8 Å². The van der Waals surface area contributed by atoms with E-state index in [1.165, 1.54) is 5.57 Å². The highest BCUT2D eigenvalue weighted by molar-refractivity contribution is 5.99. The van der Waals surface area contributed by atoms with Crippen molar-refractivity contribution in [2.45, 2.75) is 52.1 Å². The number of Topliss-reactive ketones (excluding diaryl/α,β-unsaturated/α-hetero) is 1. The summed E-state index contributed by atoms with van der Waals surface area (Å²) in [4.78, 5) is 26.7. The Morgan fingerprint density at radius 2 is 2.14 bits per heavy atom. The molecule has 0 aromatic heterocycles. The van der Waals surface area contributed by atoms with Crippen LogP contribution in [0.25, 0.3) is 0 Å². The minimum Gasteiger partial charge on any atom is -0.478 e. The number of carbonyl (C=O) groups is 2. The van der Waals surface area contributed by atoms with Gasteiger partial charge in [0.15, 0.2) is 0 Å². The molecule has 5 nitrogen and oxygen atoms in total. The summed E-state index contributed by atoms with van der Waals surface area (Å²) in [5.74, 6) is 0.249. The van der Waals surface area contributed by atoms with Gasteiger partial charge < -0.3 is 10.8 Å². The molecule has 0 aromatic rings. The van der Waals surface area contributed by atoms with Crippen molar-refractivity contribution in [2.24, 2.45) is 35.3 Å². The number of fused-ring (bicyclic) bond motifs is 2. The van der Waals surface area contributed by atoms with Crippen molar-refractivity contribution in [1.82, 2.24) is 4.90 Å². The van der Waals surface area contributed by atoms with Crippen LogP contribution in [0.3, 0.4) is 0 Å². The fourth-order valence-corrected chi connectivity index (χ4v) is 5.82. The lowest BCUT2D eigenvalue weighted by molar-refractivity contribution is -0.135. The number of allylic oxidation sites excluding steroid dienone is 4. The second-order valence-electron chi connectivity index (χ2n) is 9.38. The van der Waals surface area contributed by atoms with E-state index < -0.39 is 5.97 Å². The zero-order chi connectivity index (χ0) is 20.0. The lowest BCUT2D eigenvalue weighted by atomic mass is 9.73. The Morgan fingerprint density at radius 1 is 1.36 bits per heavy atom. The Kier molecular flexibility index (Phi) is 5.32. The summed E-state index contributed by atoms with van der Waals surface area (Å²) in [5, 5.41) is 9.82. The summed E-state index contributed by atoms with van der Waals surface area (Å²) in [6.07, 6.45) is 10.8. The molecule has 3 aliphatic carbocycles. The zero-order valence-corrected chi connectivity index (χ0v) is 16.9. The molecule has 2 bridgehead atoms. The first-order valence-electron chi connectivity index (χ1n) is 10.7. The van der Waals surface area contributed by atoms with Crippen LogP contribution in [0.15, 0.2) is 34.9 Å². The van der Waals surface area contributed by atoms with Gasteiger partial charge in [0.2, 0.25) is 0 Å². The molecule has 0 amide bonds. The van der Waals surface area contributed by atoms with E-state index in [1.807, 2.05) is 0 Å². The zero-order valence-electron chi connectivity index (χ0n) is 16.9. The molecule has 4 rings (SSSR count). The molecule has 0 aromatic carbocycles.